The number of fused-ring (bicyclic) bond motifs is 2. The summed E-state index contributed by atoms with van der Waals surface area (Å²) < 4.78 is 0. The summed E-state index contributed by atoms with van der Waals surface area (Å²) in [4.78, 5) is 30.1. The maximum Gasteiger partial charge on any atom is 0.248 e. The van der Waals surface area contributed by atoms with Crippen LogP contribution < -0.4 is 5.73 Å². The standard InChI is InChI=1S/C29H43N3O3/c30-28(34)23-7-3-6-22(16-23)24-17-25-10-11-26(18-24)32(25)15-14-31(19-20-4-1-2-5-20)29(35)21-8-12-27(33)13-9-21/h3,6-7,16,20-21,24-27,33H,1-2,4-5,8-15,17-19H2,(H2,30,34)/t21-,24-,25+,26-,27-. The number of carbonyl (C=O) groups excluding carboxylic acids is 2. The number of hydrogen-bond acceptors (Lipinski definition) is 4. The fourth-order valence-corrected chi connectivity index (χ4v) is 7.47. The zero-order valence-corrected chi connectivity index (χ0v) is 21.1. The average molecular weight is 482 g/mol. The van der Waals surface area contributed by atoms with E-state index < -0.39 is 0 Å². The molecule has 0 unspecified atom stereocenters. The smallest absolute Gasteiger partial charge is 0.248 e. The highest BCUT2D eigenvalue weighted by Gasteiger charge is 2.41. The largest absolute Gasteiger partial charge is 0.393 e. The van der Waals surface area contributed by atoms with Crippen molar-refractivity contribution in [3.8, 4) is 0 Å². The molecular formula is C29H43N3O3. The molecule has 1 aromatic rings. The maximum absolute atomic E-state index is 13.6. The van der Waals surface area contributed by atoms with Crippen LogP contribution in [0.4, 0.5) is 0 Å². The molecule has 2 amide bonds. The van der Waals surface area contributed by atoms with E-state index in [4.69, 9.17) is 5.73 Å². The van der Waals surface area contributed by atoms with Crippen molar-refractivity contribution in [3.63, 3.8) is 0 Å². The molecule has 2 aliphatic carbocycles. The Labute approximate surface area is 210 Å². The van der Waals surface area contributed by atoms with Crippen molar-refractivity contribution in [3.05, 3.63) is 35.4 Å². The van der Waals surface area contributed by atoms with Gasteiger partial charge in [-0.25, -0.2) is 0 Å². The molecule has 0 spiro atoms. The van der Waals surface area contributed by atoms with Gasteiger partial charge in [0.15, 0.2) is 0 Å². The van der Waals surface area contributed by atoms with Crippen LogP contribution >= 0.6 is 0 Å². The van der Waals surface area contributed by atoms with Crippen LogP contribution in [0.2, 0.25) is 0 Å². The lowest BCUT2D eigenvalue weighted by atomic mass is 9.84. The van der Waals surface area contributed by atoms with Crippen molar-refractivity contribution in [2.75, 3.05) is 19.6 Å². The lowest BCUT2D eigenvalue weighted by Gasteiger charge is -2.41. The SMILES string of the molecule is NC(=O)c1cccc([C@H]2C[C@H]3CC[C@@H](C2)N3CCN(CC2CCCC2)C(=O)[C@H]2CC[C@H](O)CC2)c1. The number of benzene rings is 1. The number of aliphatic hydroxyl groups excluding tert-OH is 1. The highest BCUT2D eigenvalue weighted by Crippen LogP contribution is 2.43. The van der Waals surface area contributed by atoms with Crippen molar-refractivity contribution in [2.24, 2.45) is 17.6 Å². The predicted octanol–water partition coefficient (Wildman–Crippen LogP) is 4.07. The van der Waals surface area contributed by atoms with E-state index in [1.54, 1.807) is 6.07 Å². The monoisotopic (exact) mass is 481 g/mol. The predicted molar refractivity (Wildman–Crippen MR) is 137 cm³/mol. The Balaban J connectivity index is 1.21. The molecule has 6 nitrogen and oxygen atoms in total. The second kappa shape index (κ2) is 11.0. The van der Waals surface area contributed by atoms with Crippen molar-refractivity contribution < 1.29 is 14.7 Å². The molecule has 0 radical (unpaired) electrons. The van der Waals surface area contributed by atoms with E-state index in [9.17, 15) is 14.7 Å². The molecule has 35 heavy (non-hydrogen) atoms. The minimum atomic E-state index is -0.355. The lowest BCUT2D eigenvalue weighted by molar-refractivity contribution is -0.138. The van der Waals surface area contributed by atoms with Crippen molar-refractivity contribution >= 4 is 11.8 Å². The van der Waals surface area contributed by atoms with Crippen LogP contribution in [0.15, 0.2) is 24.3 Å². The Kier molecular flexibility index (Phi) is 7.78. The molecule has 2 bridgehead atoms. The molecule has 2 heterocycles. The second-order valence-corrected chi connectivity index (χ2v) is 11.7. The number of nitrogens with two attached hydrogens (primary N) is 1. The zero-order valence-electron chi connectivity index (χ0n) is 21.1. The molecule has 5 rings (SSSR count). The van der Waals surface area contributed by atoms with Gasteiger partial charge in [-0.1, -0.05) is 25.0 Å². The van der Waals surface area contributed by atoms with Crippen LogP contribution in [0, 0.1) is 11.8 Å². The highest BCUT2D eigenvalue weighted by molar-refractivity contribution is 5.92. The van der Waals surface area contributed by atoms with Gasteiger partial charge in [0.25, 0.3) is 0 Å². The lowest BCUT2D eigenvalue weighted by Crippen LogP contribution is -2.49. The van der Waals surface area contributed by atoms with Crippen LogP contribution in [-0.4, -0.2) is 64.5 Å². The molecule has 0 aromatic heterocycles. The summed E-state index contributed by atoms with van der Waals surface area (Å²) in [5.41, 5.74) is 7.37. The second-order valence-electron chi connectivity index (χ2n) is 11.7. The fraction of sp³-hybridized carbons (Fsp3) is 0.724. The zero-order chi connectivity index (χ0) is 24.4. The van der Waals surface area contributed by atoms with Crippen molar-refractivity contribution in [1.82, 2.24) is 9.80 Å². The maximum atomic E-state index is 13.6. The highest BCUT2D eigenvalue weighted by atomic mass is 16.3. The molecule has 4 fully saturated rings. The van der Waals surface area contributed by atoms with Crippen LogP contribution in [0.1, 0.15) is 98.9 Å². The first kappa shape index (κ1) is 24.8. The number of hydrogen-bond donors (Lipinski definition) is 2. The Morgan fingerprint density at radius 1 is 0.971 bits per heavy atom. The van der Waals surface area contributed by atoms with Crippen LogP contribution in [-0.2, 0) is 4.79 Å². The van der Waals surface area contributed by atoms with Gasteiger partial charge >= 0.3 is 0 Å². The van der Waals surface area contributed by atoms with E-state index in [1.807, 2.05) is 12.1 Å². The van der Waals surface area contributed by atoms with Gasteiger partial charge in [-0.2, -0.15) is 0 Å². The summed E-state index contributed by atoms with van der Waals surface area (Å²) in [5.74, 6) is 1.22. The molecular weight excluding hydrogens is 438 g/mol. The van der Waals surface area contributed by atoms with E-state index in [0.29, 0.717) is 35.4 Å². The van der Waals surface area contributed by atoms with E-state index in [0.717, 1.165) is 58.2 Å². The first-order valence-corrected chi connectivity index (χ1v) is 14.1. The summed E-state index contributed by atoms with van der Waals surface area (Å²) in [5, 5.41) is 9.91. The van der Waals surface area contributed by atoms with E-state index >= 15 is 0 Å². The average Bonchev–Trinajstić information content (AvgIpc) is 3.46. The summed E-state index contributed by atoms with van der Waals surface area (Å²) >= 11 is 0. The first-order valence-electron chi connectivity index (χ1n) is 14.1. The molecule has 3 N–H and O–H groups in total. The summed E-state index contributed by atoms with van der Waals surface area (Å²) in [6.45, 7) is 2.73. The summed E-state index contributed by atoms with van der Waals surface area (Å²) in [6, 6.07) is 9.02. The van der Waals surface area contributed by atoms with Gasteiger partial charge in [0, 0.05) is 43.2 Å². The molecule has 2 aliphatic heterocycles. The third-order valence-electron chi connectivity index (χ3n) is 9.47. The molecule has 2 saturated heterocycles. The first-order chi connectivity index (χ1) is 17.0. The van der Waals surface area contributed by atoms with Crippen molar-refractivity contribution in [2.45, 2.75) is 101 Å². The molecule has 3 atom stereocenters. The number of carbonyl (C=O) groups is 2. The number of rotatable bonds is 8. The normalized spacial score (nSPS) is 31.5. The summed E-state index contributed by atoms with van der Waals surface area (Å²) in [6.07, 6.45) is 12.8. The van der Waals surface area contributed by atoms with Gasteiger partial charge in [-0.3, -0.25) is 14.5 Å². The van der Waals surface area contributed by atoms with Crippen LogP contribution in [0.5, 0.6) is 0 Å². The third kappa shape index (κ3) is 5.75. The minimum Gasteiger partial charge on any atom is -0.393 e. The van der Waals surface area contributed by atoms with Gasteiger partial charge in [0.2, 0.25) is 11.8 Å². The fourth-order valence-electron chi connectivity index (χ4n) is 7.47. The summed E-state index contributed by atoms with van der Waals surface area (Å²) in [7, 11) is 0. The van der Waals surface area contributed by atoms with Gasteiger partial charge < -0.3 is 15.7 Å². The molecule has 2 saturated carbocycles. The molecule has 1 aromatic carbocycles. The van der Waals surface area contributed by atoms with Gasteiger partial charge in [0.05, 0.1) is 6.10 Å². The van der Waals surface area contributed by atoms with Gasteiger partial charge in [0.1, 0.15) is 0 Å². The van der Waals surface area contributed by atoms with E-state index in [2.05, 4.69) is 15.9 Å². The molecule has 192 valence electrons. The van der Waals surface area contributed by atoms with Crippen LogP contribution in [0.25, 0.3) is 0 Å². The number of primary amides is 1. The number of amides is 2. The molecule has 4 aliphatic rings. The number of nitrogens with zero attached hydrogens (tertiary/aromatic N) is 2. The van der Waals surface area contributed by atoms with E-state index in [-0.39, 0.29) is 17.9 Å². The van der Waals surface area contributed by atoms with Crippen LogP contribution in [0.3, 0.4) is 0 Å². The Bertz CT molecular complexity index is 877. The Morgan fingerprint density at radius 2 is 1.66 bits per heavy atom. The number of aliphatic hydroxyl groups is 1. The van der Waals surface area contributed by atoms with Gasteiger partial charge in [-0.05, 0) is 93.7 Å². The topological polar surface area (TPSA) is 86.9 Å². The third-order valence-corrected chi connectivity index (χ3v) is 9.47. The minimum absolute atomic E-state index is 0.0970. The quantitative estimate of drug-likeness (QED) is 0.586. The van der Waals surface area contributed by atoms with E-state index in [1.165, 1.54) is 44.1 Å². The van der Waals surface area contributed by atoms with Crippen molar-refractivity contribution in [1.29, 1.82) is 0 Å². The Hall–Kier alpha value is -1.92. The Morgan fingerprint density at radius 3 is 2.31 bits per heavy atom. The molecule has 6 heteroatoms. The van der Waals surface area contributed by atoms with Gasteiger partial charge in [-0.15, -0.1) is 0 Å². The number of piperidine rings is 1.